The molecule has 0 saturated heterocycles. The average Bonchev–Trinajstić information content (AvgIpc) is 2.55. The van der Waals surface area contributed by atoms with Gasteiger partial charge in [-0.25, -0.2) is 0 Å². The molecule has 2 aromatic rings. The topological polar surface area (TPSA) is 86.6 Å². The summed E-state index contributed by atoms with van der Waals surface area (Å²) >= 11 is 4.53. The number of benzene rings is 2. The molecule has 146 valence electrons. The Bertz CT molecular complexity index is 874. The molecule has 0 heterocycles. The van der Waals surface area contributed by atoms with E-state index in [9.17, 15) is 18.1 Å². The van der Waals surface area contributed by atoms with Crippen molar-refractivity contribution < 1.29 is 27.9 Å². The fourth-order valence-electron chi connectivity index (χ4n) is 2.22. The van der Waals surface area contributed by atoms with E-state index in [1.807, 2.05) is 12.1 Å². The number of hydrogen-bond donors (Lipinski definition) is 3. The molecule has 2 rings (SSSR count). The highest BCUT2D eigenvalue weighted by molar-refractivity contribution is 9.10. The van der Waals surface area contributed by atoms with Gasteiger partial charge in [0.25, 0.3) is 0 Å². The molecule has 3 N–H and O–H groups in total. The summed E-state index contributed by atoms with van der Waals surface area (Å²) in [5.41, 5.74) is -2.49. The van der Waals surface area contributed by atoms with Crippen LogP contribution in [0.1, 0.15) is 23.6 Å². The van der Waals surface area contributed by atoms with Crippen LogP contribution in [-0.2, 0) is 26.5 Å². The molecular formula is C17H17BrF2NO4PS. The van der Waals surface area contributed by atoms with Crippen LogP contribution in [-0.4, -0.2) is 15.7 Å². The molecule has 0 bridgehead atoms. The van der Waals surface area contributed by atoms with Crippen molar-refractivity contribution in [3.05, 3.63) is 63.6 Å². The number of rotatable bonds is 7. The predicted molar refractivity (Wildman–Crippen MR) is 106 cm³/mol. The van der Waals surface area contributed by atoms with E-state index in [4.69, 9.17) is 9.79 Å². The van der Waals surface area contributed by atoms with Crippen molar-refractivity contribution in [1.29, 1.82) is 0 Å². The zero-order valence-electron chi connectivity index (χ0n) is 14.2. The van der Waals surface area contributed by atoms with E-state index in [1.54, 1.807) is 23.9 Å². The number of carbonyl (C=O) groups is 1. The fourth-order valence-corrected chi connectivity index (χ4v) is 4.51. The van der Waals surface area contributed by atoms with E-state index in [1.165, 1.54) is 19.1 Å². The first-order valence-electron chi connectivity index (χ1n) is 7.67. The predicted octanol–water partition coefficient (Wildman–Crippen LogP) is 5.07. The highest BCUT2D eigenvalue weighted by Gasteiger charge is 2.51. The number of halogens is 3. The Morgan fingerprint density at radius 1 is 1.15 bits per heavy atom. The lowest BCUT2D eigenvalue weighted by molar-refractivity contribution is -0.114. The first-order chi connectivity index (χ1) is 12.5. The quantitative estimate of drug-likeness (QED) is 0.482. The van der Waals surface area contributed by atoms with E-state index in [0.717, 1.165) is 17.2 Å². The number of anilines is 1. The van der Waals surface area contributed by atoms with Crippen molar-refractivity contribution in [3.63, 3.8) is 0 Å². The van der Waals surface area contributed by atoms with Gasteiger partial charge in [-0.3, -0.25) is 9.36 Å². The van der Waals surface area contributed by atoms with Gasteiger partial charge < -0.3 is 15.1 Å². The van der Waals surface area contributed by atoms with E-state index in [0.29, 0.717) is 17.2 Å². The van der Waals surface area contributed by atoms with Crippen LogP contribution in [0.15, 0.2) is 46.9 Å². The molecule has 0 saturated carbocycles. The minimum atomic E-state index is -5.60. The molecule has 0 unspecified atom stereocenters. The van der Waals surface area contributed by atoms with Crippen molar-refractivity contribution in [2.45, 2.75) is 24.1 Å². The number of alkyl halides is 2. The summed E-state index contributed by atoms with van der Waals surface area (Å²) in [7, 11) is -5.60. The second kappa shape index (κ2) is 8.84. The van der Waals surface area contributed by atoms with Crippen LogP contribution in [0.5, 0.6) is 0 Å². The minimum Gasteiger partial charge on any atom is -0.326 e. The molecule has 5 nitrogen and oxygen atoms in total. The Morgan fingerprint density at radius 2 is 1.70 bits per heavy atom. The minimum absolute atomic E-state index is 0.0476. The molecule has 27 heavy (non-hydrogen) atoms. The zero-order chi connectivity index (χ0) is 20.2. The number of nitrogens with one attached hydrogen (secondary N) is 1. The van der Waals surface area contributed by atoms with Gasteiger partial charge in [-0.1, -0.05) is 40.2 Å². The van der Waals surface area contributed by atoms with Gasteiger partial charge in [0, 0.05) is 34.2 Å². The van der Waals surface area contributed by atoms with Gasteiger partial charge in [0.05, 0.1) is 0 Å². The Labute approximate surface area is 167 Å². The van der Waals surface area contributed by atoms with Gasteiger partial charge in [0.15, 0.2) is 0 Å². The smallest absolute Gasteiger partial charge is 0.326 e. The molecule has 0 atom stereocenters. The van der Waals surface area contributed by atoms with Gasteiger partial charge in [0.2, 0.25) is 5.91 Å². The van der Waals surface area contributed by atoms with Crippen molar-refractivity contribution in [3.8, 4) is 0 Å². The molecule has 0 aliphatic carbocycles. The van der Waals surface area contributed by atoms with E-state index in [-0.39, 0.29) is 10.4 Å². The van der Waals surface area contributed by atoms with Gasteiger partial charge in [-0.05, 0) is 29.3 Å². The molecule has 1 amide bonds. The number of hydrogen-bond acceptors (Lipinski definition) is 3. The number of amides is 1. The van der Waals surface area contributed by atoms with Crippen molar-refractivity contribution in [2.24, 2.45) is 0 Å². The van der Waals surface area contributed by atoms with Crippen molar-refractivity contribution in [1.82, 2.24) is 0 Å². The highest BCUT2D eigenvalue weighted by atomic mass is 79.9. The standard InChI is InChI=1S/C17H17BrF2NO4PS/c1-11(22)21-14-5-2-12(3-6-14)9-27-10-13-4-7-15(16(18)8-13)17(19,20)26(23,24)25/h2-8H,9-10H2,1H3,(H,21,22)(H2,23,24,25). The lowest BCUT2D eigenvalue weighted by Crippen LogP contribution is -2.14. The first-order valence-corrected chi connectivity index (χ1v) is 11.2. The van der Waals surface area contributed by atoms with Crippen molar-refractivity contribution in [2.75, 3.05) is 5.32 Å². The maximum absolute atomic E-state index is 13.8. The van der Waals surface area contributed by atoms with Crippen LogP contribution in [0.4, 0.5) is 14.5 Å². The Kier molecular flexibility index (Phi) is 7.21. The van der Waals surface area contributed by atoms with Crippen molar-refractivity contribution >= 4 is 46.9 Å². The van der Waals surface area contributed by atoms with Crippen LogP contribution in [0.25, 0.3) is 0 Å². The molecule has 0 spiro atoms. The van der Waals surface area contributed by atoms with Gasteiger partial charge in [-0.15, -0.1) is 0 Å². The monoisotopic (exact) mass is 479 g/mol. The van der Waals surface area contributed by atoms with Crippen LogP contribution >= 0.6 is 35.3 Å². The second-order valence-electron chi connectivity index (χ2n) is 5.77. The van der Waals surface area contributed by atoms with Gasteiger partial charge in [-0.2, -0.15) is 20.5 Å². The molecule has 0 fully saturated rings. The molecular weight excluding hydrogens is 463 g/mol. The third kappa shape index (κ3) is 5.86. The molecule has 10 heteroatoms. The van der Waals surface area contributed by atoms with E-state index in [2.05, 4.69) is 21.2 Å². The SMILES string of the molecule is CC(=O)Nc1ccc(CSCc2ccc(C(F)(F)P(=O)(O)O)c(Br)c2)cc1. The van der Waals surface area contributed by atoms with Crippen LogP contribution < -0.4 is 5.32 Å². The molecule has 0 aliphatic rings. The molecule has 0 aromatic heterocycles. The number of thioether (sulfide) groups is 1. The third-order valence-electron chi connectivity index (χ3n) is 3.54. The Balaban J connectivity index is 1.98. The summed E-state index contributed by atoms with van der Waals surface area (Å²) in [5.74, 6) is 1.07. The summed E-state index contributed by atoms with van der Waals surface area (Å²) < 4.78 is 38.6. The lowest BCUT2D eigenvalue weighted by Gasteiger charge is -2.19. The third-order valence-corrected chi connectivity index (χ3v) is 6.24. The summed E-state index contributed by atoms with van der Waals surface area (Å²) in [6.45, 7) is 1.43. The van der Waals surface area contributed by atoms with Crippen LogP contribution in [0.2, 0.25) is 0 Å². The van der Waals surface area contributed by atoms with Gasteiger partial charge in [0.1, 0.15) is 0 Å². The molecule has 0 radical (unpaired) electrons. The maximum atomic E-state index is 13.8. The van der Waals surface area contributed by atoms with Gasteiger partial charge >= 0.3 is 13.3 Å². The summed E-state index contributed by atoms with van der Waals surface area (Å²) in [6, 6.07) is 11.3. The summed E-state index contributed by atoms with van der Waals surface area (Å²) in [4.78, 5) is 28.7. The molecule has 2 aromatic carbocycles. The highest BCUT2D eigenvalue weighted by Crippen LogP contribution is 2.60. The van der Waals surface area contributed by atoms with E-state index < -0.39 is 18.8 Å². The normalized spacial score (nSPS) is 12.1. The second-order valence-corrected chi connectivity index (χ2v) is 9.26. The number of carbonyl (C=O) groups excluding carboxylic acids is 1. The average molecular weight is 480 g/mol. The molecule has 0 aliphatic heterocycles. The fraction of sp³-hybridized carbons (Fsp3) is 0.235. The summed E-state index contributed by atoms with van der Waals surface area (Å²) in [5, 5.41) is 2.68. The maximum Gasteiger partial charge on any atom is 0.399 e. The summed E-state index contributed by atoms with van der Waals surface area (Å²) in [6.07, 6.45) is 0. The first kappa shape index (κ1) is 22.0. The zero-order valence-corrected chi connectivity index (χ0v) is 17.5. The Hall–Kier alpha value is -1.25. The van der Waals surface area contributed by atoms with E-state index >= 15 is 0 Å². The van der Waals surface area contributed by atoms with Crippen LogP contribution in [0.3, 0.4) is 0 Å². The Morgan fingerprint density at radius 3 is 2.22 bits per heavy atom. The lowest BCUT2D eigenvalue weighted by atomic mass is 10.1. The largest absolute Gasteiger partial charge is 0.399 e. The van der Waals surface area contributed by atoms with Crippen LogP contribution in [0, 0.1) is 0 Å².